The Morgan fingerprint density at radius 1 is 1.28 bits per heavy atom. The number of rotatable bonds is 3. The third-order valence-electron chi connectivity index (χ3n) is 4.11. The van der Waals surface area contributed by atoms with Gasteiger partial charge in [-0.25, -0.2) is 0 Å². The lowest BCUT2D eigenvalue weighted by atomic mass is 10.0. The zero-order valence-electron chi connectivity index (χ0n) is 11.8. The molecule has 0 saturated carbocycles. The van der Waals surface area contributed by atoms with Crippen molar-refractivity contribution in [1.29, 1.82) is 0 Å². The molecule has 0 unspecified atom stereocenters. The Morgan fingerprint density at radius 2 is 1.94 bits per heavy atom. The van der Waals surface area contributed by atoms with Crippen LogP contribution in [-0.2, 0) is 6.54 Å². The summed E-state index contributed by atoms with van der Waals surface area (Å²) in [6, 6.07) is 7.40. The topological polar surface area (TPSA) is 32.5 Å². The third kappa shape index (κ3) is 2.85. The number of piperidine rings is 1. The summed E-state index contributed by atoms with van der Waals surface area (Å²) in [6.45, 7) is 5.10. The van der Waals surface area contributed by atoms with E-state index in [0.717, 1.165) is 19.1 Å². The minimum atomic E-state index is 0.634. The van der Waals surface area contributed by atoms with Crippen molar-refractivity contribution in [3.05, 3.63) is 29.3 Å². The summed E-state index contributed by atoms with van der Waals surface area (Å²) in [5.74, 6) is 0. The van der Waals surface area contributed by atoms with Gasteiger partial charge in [0.25, 0.3) is 0 Å². The van der Waals surface area contributed by atoms with Gasteiger partial charge in [0.2, 0.25) is 0 Å². The first-order chi connectivity index (χ1) is 8.61. The molecular formula is C15H25N3. The zero-order chi connectivity index (χ0) is 13.1. The van der Waals surface area contributed by atoms with E-state index < -0.39 is 0 Å². The first-order valence-electron chi connectivity index (χ1n) is 6.83. The highest BCUT2D eigenvalue weighted by Gasteiger charge is 2.20. The second-order valence-electron chi connectivity index (χ2n) is 5.50. The van der Waals surface area contributed by atoms with Crippen molar-refractivity contribution in [3.63, 3.8) is 0 Å². The van der Waals surface area contributed by atoms with Crippen LogP contribution in [0.5, 0.6) is 0 Å². The lowest BCUT2D eigenvalue weighted by Crippen LogP contribution is -2.42. The number of hydrogen-bond acceptors (Lipinski definition) is 3. The van der Waals surface area contributed by atoms with Crippen LogP contribution in [0.2, 0.25) is 0 Å². The van der Waals surface area contributed by atoms with Crippen molar-refractivity contribution in [1.82, 2.24) is 4.90 Å². The molecule has 0 radical (unpaired) electrons. The molecule has 2 rings (SSSR count). The lowest BCUT2D eigenvalue weighted by Gasteiger charge is -2.36. The Balaban J connectivity index is 2.03. The molecule has 18 heavy (non-hydrogen) atoms. The zero-order valence-corrected chi connectivity index (χ0v) is 11.8. The van der Waals surface area contributed by atoms with Crippen LogP contribution in [0, 0.1) is 6.92 Å². The van der Waals surface area contributed by atoms with E-state index in [1.807, 2.05) is 0 Å². The van der Waals surface area contributed by atoms with Crippen molar-refractivity contribution in [3.8, 4) is 0 Å². The first-order valence-corrected chi connectivity index (χ1v) is 6.83. The van der Waals surface area contributed by atoms with Gasteiger partial charge in [0.15, 0.2) is 0 Å². The van der Waals surface area contributed by atoms with E-state index in [9.17, 15) is 0 Å². The van der Waals surface area contributed by atoms with E-state index >= 15 is 0 Å². The summed E-state index contributed by atoms with van der Waals surface area (Å²) in [5.41, 5.74) is 9.62. The molecule has 100 valence electrons. The minimum Gasteiger partial charge on any atom is -0.371 e. The van der Waals surface area contributed by atoms with Gasteiger partial charge in [-0.3, -0.25) is 0 Å². The number of anilines is 1. The smallest absolute Gasteiger partial charge is 0.0369 e. The SMILES string of the molecule is Cc1cc(N2CCC(N(C)C)CC2)ccc1CN. The van der Waals surface area contributed by atoms with Gasteiger partial charge in [-0.15, -0.1) is 0 Å². The highest BCUT2D eigenvalue weighted by Crippen LogP contribution is 2.23. The fourth-order valence-electron chi connectivity index (χ4n) is 2.75. The van der Waals surface area contributed by atoms with Crippen LogP contribution in [0.4, 0.5) is 5.69 Å². The van der Waals surface area contributed by atoms with E-state index in [1.165, 1.54) is 29.7 Å². The summed E-state index contributed by atoms with van der Waals surface area (Å²) in [4.78, 5) is 4.84. The van der Waals surface area contributed by atoms with Crippen LogP contribution in [0.3, 0.4) is 0 Å². The van der Waals surface area contributed by atoms with Gasteiger partial charge < -0.3 is 15.5 Å². The van der Waals surface area contributed by atoms with E-state index in [2.05, 4.69) is 49.0 Å². The molecule has 1 aliphatic rings. The predicted octanol–water partition coefficient (Wildman–Crippen LogP) is 1.98. The molecule has 0 bridgehead atoms. The molecule has 3 heteroatoms. The second-order valence-corrected chi connectivity index (χ2v) is 5.50. The van der Waals surface area contributed by atoms with Crippen molar-refractivity contribution < 1.29 is 0 Å². The molecule has 0 spiro atoms. The van der Waals surface area contributed by atoms with Gasteiger partial charge in [0, 0.05) is 31.4 Å². The summed E-state index contributed by atoms with van der Waals surface area (Å²) >= 11 is 0. The average molecular weight is 247 g/mol. The maximum Gasteiger partial charge on any atom is 0.0369 e. The minimum absolute atomic E-state index is 0.634. The van der Waals surface area contributed by atoms with Crippen molar-refractivity contribution >= 4 is 5.69 Å². The van der Waals surface area contributed by atoms with E-state index in [4.69, 9.17) is 5.73 Å². The Labute approximate surface area is 111 Å². The number of hydrogen-bond donors (Lipinski definition) is 1. The second kappa shape index (κ2) is 5.72. The maximum absolute atomic E-state index is 5.71. The van der Waals surface area contributed by atoms with Crippen LogP contribution in [0.15, 0.2) is 18.2 Å². The molecule has 3 nitrogen and oxygen atoms in total. The van der Waals surface area contributed by atoms with Crippen molar-refractivity contribution in [2.45, 2.75) is 32.4 Å². The van der Waals surface area contributed by atoms with Crippen LogP contribution in [0.25, 0.3) is 0 Å². The lowest BCUT2D eigenvalue weighted by molar-refractivity contribution is 0.249. The first kappa shape index (κ1) is 13.4. The van der Waals surface area contributed by atoms with Crippen LogP contribution < -0.4 is 10.6 Å². The molecule has 1 fully saturated rings. The molecule has 1 heterocycles. The molecule has 0 atom stereocenters. The largest absolute Gasteiger partial charge is 0.371 e. The van der Waals surface area contributed by atoms with Gasteiger partial charge in [0.1, 0.15) is 0 Å². The molecule has 1 aromatic carbocycles. The number of aryl methyl sites for hydroxylation is 1. The van der Waals surface area contributed by atoms with Crippen molar-refractivity contribution in [2.24, 2.45) is 5.73 Å². The fraction of sp³-hybridized carbons (Fsp3) is 0.600. The molecule has 0 amide bonds. The summed E-state index contributed by atoms with van der Waals surface area (Å²) in [6.07, 6.45) is 2.51. The number of benzene rings is 1. The van der Waals surface area contributed by atoms with Gasteiger partial charge in [-0.2, -0.15) is 0 Å². The highest BCUT2D eigenvalue weighted by molar-refractivity contribution is 5.51. The van der Waals surface area contributed by atoms with E-state index in [-0.39, 0.29) is 0 Å². The molecule has 0 aromatic heterocycles. The molecular weight excluding hydrogens is 222 g/mol. The summed E-state index contributed by atoms with van der Waals surface area (Å²) in [7, 11) is 4.36. The normalized spacial score (nSPS) is 17.5. The summed E-state index contributed by atoms with van der Waals surface area (Å²) < 4.78 is 0. The fourth-order valence-corrected chi connectivity index (χ4v) is 2.75. The van der Waals surface area contributed by atoms with Crippen LogP contribution in [-0.4, -0.2) is 38.1 Å². The number of nitrogens with two attached hydrogens (primary N) is 1. The maximum atomic E-state index is 5.71. The van der Waals surface area contributed by atoms with Crippen molar-refractivity contribution in [2.75, 3.05) is 32.1 Å². The van der Waals surface area contributed by atoms with E-state index in [0.29, 0.717) is 6.54 Å². The monoisotopic (exact) mass is 247 g/mol. The predicted molar refractivity (Wildman–Crippen MR) is 78.0 cm³/mol. The van der Waals surface area contributed by atoms with Crippen LogP contribution >= 0.6 is 0 Å². The van der Waals surface area contributed by atoms with Gasteiger partial charge in [-0.1, -0.05) is 6.07 Å². The Kier molecular flexibility index (Phi) is 4.25. The average Bonchev–Trinajstić information content (AvgIpc) is 2.38. The molecule has 1 aliphatic heterocycles. The van der Waals surface area contributed by atoms with Gasteiger partial charge >= 0.3 is 0 Å². The Bertz CT molecular complexity index is 393. The highest BCUT2D eigenvalue weighted by atomic mass is 15.2. The van der Waals surface area contributed by atoms with Gasteiger partial charge in [0.05, 0.1) is 0 Å². The Morgan fingerprint density at radius 3 is 2.44 bits per heavy atom. The van der Waals surface area contributed by atoms with Crippen LogP contribution in [0.1, 0.15) is 24.0 Å². The quantitative estimate of drug-likeness (QED) is 0.886. The molecule has 2 N–H and O–H groups in total. The molecule has 0 aliphatic carbocycles. The third-order valence-corrected chi connectivity index (χ3v) is 4.11. The Hall–Kier alpha value is -1.06. The molecule has 1 aromatic rings. The van der Waals surface area contributed by atoms with Gasteiger partial charge in [-0.05, 0) is 57.1 Å². The molecule has 1 saturated heterocycles. The summed E-state index contributed by atoms with van der Waals surface area (Å²) in [5, 5.41) is 0. The number of nitrogens with zero attached hydrogens (tertiary/aromatic N) is 2. The standard InChI is InChI=1S/C15H25N3/c1-12-10-15(5-4-13(12)11-16)18-8-6-14(7-9-18)17(2)3/h4-5,10,14H,6-9,11,16H2,1-3H3. The van der Waals surface area contributed by atoms with E-state index in [1.54, 1.807) is 0 Å².